The van der Waals surface area contributed by atoms with Crippen LogP contribution in [-0.4, -0.2) is 60.1 Å². The van der Waals surface area contributed by atoms with Gasteiger partial charge in [-0.05, 0) is 49.9 Å². The predicted molar refractivity (Wildman–Crippen MR) is 118 cm³/mol. The largest absolute Gasteiger partial charge is 0.347 e. The van der Waals surface area contributed by atoms with Crippen molar-refractivity contribution in [3.8, 4) is 6.07 Å². The van der Waals surface area contributed by atoms with E-state index in [1.54, 1.807) is 29.4 Å². The average Bonchev–Trinajstić information content (AvgIpc) is 3.63. The molecule has 2 bridgehead atoms. The van der Waals surface area contributed by atoms with Gasteiger partial charge in [-0.2, -0.15) is 5.26 Å². The van der Waals surface area contributed by atoms with Gasteiger partial charge in [0.2, 0.25) is 5.91 Å². The fourth-order valence-corrected chi connectivity index (χ4v) is 6.05. The number of amides is 1. The lowest BCUT2D eigenvalue weighted by atomic mass is 10.1. The molecule has 0 N–H and O–H groups in total. The van der Waals surface area contributed by atoms with Crippen molar-refractivity contribution < 1.29 is 13.2 Å². The summed E-state index contributed by atoms with van der Waals surface area (Å²) in [6, 6.07) is 9.22. The Morgan fingerprint density at radius 2 is 1.84 bits per heavy atom. The molecule has 2 aromatic rings. The molecule has 2 aliphatic heterocycles. The monoisotopic (exact) mass is 451 g/mol. The zero-order valence-electron chi connectivity index (χ0n) is 17.7. The SMILES string of the molecule is N#Cc1ccc(N2C3CCC2CN(C(=O)CCS(=O)(=O)c2ccnc(C4CC4)c2)C3)nc1. The number of hydrogen-bond acceptors (Lipinski definition) is 7. The van der Waals surface area contributed by atoms with Gasteiger partial charge in [-0.3, -0.25) is 9.78 Å². The molecule has 32 heavy (non-hydrogen) atoms. The highest BCUT2D eigenvalue weighted by Gasteiger charge is 2.42. The number of likely N-dealkylation sites (tertiary alicyclic amines) is 1. The average molecular weight is 452 g/mol. The van der Waals surface area contributed by atoms with Crippen LogP contribution in [0.3, 0.4) is 0 Å². The van der Waals surface area contributed by atoms with Crippen LogP contribution >= 0.6 is 0 Å². The van der Waals surface area contributed by atoms with E-state index in [1.807, 2.05) is 6.07 Å². The summed E-state index contributed by atoms with van der Waals surface area (Å²) in [5, 5.41) is 8.98. The number of pyridine rings is 2. The van der Waals surface area contributed by atoms with Crippen molar-refractivity contribution in [2.24, 2.45) is 0 Å². The molecule has 1 saturated carbocycles. The van der Waals surface area contributed by atoms with Gasteiger partial charge in [0.1, 0.15) is 11.9 Å². The van der Waals surface area contributed by atoms with Gasteiger partial charge in [0, 0.05) is 55.6 Å². The van der Waals surface area contributed by atoms with E-state index >= 15 is 0 Å². The van der Waals surface area contributed by atoms with E-state index in [0.717, 1.165) is 37.2 Å². The summed E-state index contributed by atoms with van der Waals surface area (Å²) in [5.74, 6) is 0.904. The van der Waals surface area contributed by atoms with Gasteiger partial charge < -0.3 is 9.80 Å². The second-order valence-corrected chi connectivity index (χ2v) is 11.0. The number of carbonyl (C=O) groups excluding carboxylic acids is 1. The Hall–Kier alpha value is -2.99. The summed E-state index contributed by atoms with van der Waals surface area (Å²) >= 11 is 0. The number of anilines is 1. The van der Waals surface area contributed by atoms with E-state index in [-0.39, 0.29) is 35.1 Å². The molecule has 9 heteroatoms. The minimum Gasteiger partial charge on any atom is -0.347 e. The molecule has 5 rings (SSSR count). The first-order valence-corrected chi connectivity index (χ1v) is 12.7. The molecule has 1 amide bonds. The van der Waals surface area contributed by atoms with Gasteiger partial charge in [-0.25, -0.2) is 13.4 Å². The Morgan fingerprint density at radius 1 is 1.09 bits per heavy atom. The number of sulfone groups is 1. The lowest BCUT2D eigenvalue weighted by molar-refractivity contribution is -0.131. The maximum atomic E-state index is 12.9. The number of carbonyl (C=O) groups is 1. The normalized spacial score (nSPS) is 22.6. The van der Waals surface area contributed by atoms with Crippen LogP contribution < -0.4 is 4.90 Å². The summed E-state index contributed by atoms with van der Waals surface area (Å²) in [6.07, 6.45) is 7.16. The highest BCUT2D eigenvalue weighted by Crippen LogP contribution is 2.39. The molecule has 8 nitrogen and oxygen atoms in total. The van der Waals surface area contributed by atoms with Crippen LogP contribution in [0.2, 0.25) is 0 Å². The molecule has 4 heterocycles. The Kier molecular flexibility index (Phi) is 5.33. The topological polar surface area (TPSA) is 107 Å². The molecule has 2 aromatic heterocycles. The van der Waals surface area contributed by atoms with E-state index in [1.165, 1.54) is 6.07 Å². The lowest BCUT2D eigenvalue weighted by Crippen LogP contribution is -2.55. The van der Waals surface area contributed by atoms with Crippen molar-refractivity contribution >= 4 is 21.6 Å². The molecular formula is C23H25N5O3S. The van der Waals surface area contributed by atoms with Crippen LogP contribution in [0.25, 0.3) is 0 Å². The Balaban J connectivity index is 1.22. The number of nitrogens with zero attached hydrogens (tertiary/aromatic N) is 5. The number of rotatable bonds is 6. The first kappa shape index (κ1) is 20.9. The van der Waals surface area contributed by atoms with Crippen LogP contribution in [0.5, 0.6) is 0 Å². The van der Waals surface area contributed by atoms with Gasteiger partial charge in [-0.15, -0.1) is 0 Å². The number of piperazine rings is 1. The number of hydrogen-bond donors (Lipinski definition) is 0. The third-order valence-electron chi connectivity index (χ3n) is 6.67. The summed E-state index contributed by atoms with van der Waals surface area (Å²) in [6.45, 7) is 1.14. The number of fused-ring (bicyclic) bond motifs is 2. The van der Waals surface area contributed by atoms with Crippen molar-refractivity contribution in [3.05, 3.63) is 47.9 Å². The smallest absolute Gasteiger partial charge is 0.223 e. The molecule has 0 radical (unpaired) electrons. The van der Waals surface area contributed by atoms with Crippen molar-refractivity contribution in [1.29, 1.82) is 5.26 Å². The summed E-state index contributed by atoms with van der Waals surface area (Å²) in [7, 11) is -3.53. The van der Waals surface area contributed by atoms with Crippen LogP contribution in [0.1, 0.15) is 49.3 Å². The van der Waals surface area contributed by atoms with E-state index < -0.39 is 9.84 Å². The predicted octanol–water partition coefficient (Wildman–Crippen LogP) is 2.27. The molecule has 2 atom stereocenters. The third-order valence-corrected chi connectivity index (χ3v) is 8.38. The minimum absolute atomic E-state index is 0.0159. The maximum absolute atomic E-state index is 12.9. The van der Waals surface area contributed by atoms with E-state index in [0.29, 0.717) is 24.6 Å². The second kappa shape index (κ2) is 8.17. The first-order chi connectivity index (χ1) is 15.4. The van der Waals surface area contributed by atoms with Gasteiger partial charge in [0.05, 0.1) is 16.2 Å². The van der Waals surface area contributed by atoms with Gasteiger partial charge in [0.25, 0.3) is 0 Å². The molecule has 3 aliphatic rings. The minimum atomic E-state index is -3.53. The highest BCUT2D eigenvalue weighted by molar-refractivity contribution is 7.91. The molecular weight excluding hydrogens is 426 g/mol. The summed E-state index contributed by atoms with van der Waals surface area (Å²) in [5.41, 5.74) is 1.36. The van der Waals surface area contributed by atoms with E-state index in [4.69, 9.17) is 5.26 Å². The molecule has 166 valence electrons. The zero-order chi connectivity index (χ0) is 22.3. The molecule has 1 aliphatic carbocycles. The lowest BCUT2D eigenvalue weighted by Gasteiger charge is -2.41. The molecule has 2 saturated heterocycles. The summed E-state index contributed by atoms with van der Waals surface area (Å²) in [4.78, 5) is 25.9. The number of nitriles is 1. The Morgan fingerprint density at radius 3 is 2.47 bits per heavy atom. The molecule has 0 spiro atoms. The van der Waals surface area contributed by atoms with Crippen LogP contribution in [-0.2, 0) is 14.6 Å². The van der Waals surface area contributed by atoms with Crippen molar-refractivity contribution in [2.75, 3.05) is 23.7 Å². The third kappa shape index (κ3) is 4.07. The zero-order valence-corrected chi connectivity index (χ0v) is 18.5. The van der Waals surface area contributed by atoms with Crippen LogP contribution in [0, 0.1) is 11.3 Å². The second-order valence-electron chi connectivity index (χ2n) is 8.87. The number of aromatic nitrogens is 2. The first-order valence-electron chi connectivity index (χ1n) is 11.1. The van der Waals surface area contributed by atoms with Crippen molar-refractivity contribution in [3.63, 3.8) is 0 Å². The van der Waals surface area contributed by atoms with Gasteiger partial charge in [0.15, 0.2) is 9.84 Å². The Bertz CT molecular complexity index is 1160. The Labute approximate surface area is 187 Å². The van der Waals surface area contributed by atoms with Crippen molar-refractivity contribution in [2.45, 2.75) is 55.0 Å². The molecule has 3 fully saturated rings. The van der Waals surface area contributed by atoms with E-state index in [9.17, 15) is 13.2 Å². The van der Waals surface area contributed by atoms with E-state index in [2.05, 4.69) is 20.9 Å². The van der Waals surface area contributed by atoms with Gasteiger partial charge >= 0.3 is 0 Å². The molecule has 0 aromatic carbocycles. The van der Waals surface area contributed by atoms with Gasteiger partial charge in [-0.1, -0.05) is 0 Å². The molecule has 2 unspecified atom stereocenters. The standard InChI is InChI=1S/C23H25N5O3S/c24-12-16-1-6-22(26-13-16)28-18-4-5-19(28)15-27(14-18)23(29)8-10-32(30,31)20-7-9-25-21(11-20)17-2-3-17/h1,6-7,9,11,13,17-19H,2-5,8,10,14-15H2. The summed E-state index contributed by atoms with van der Waals surface area (Å²) < 4.78 is 25.6. The fourth-order valence-electron chi connectivity index (χ4n) is 4.81. The maximum Gasteiger partial charge on any atom is 0.223 e. The van der Waals surface area contributed by atoms with Crippen LogP contribution in [0.15, 0.2) is 41.6 Å². The van der Waals surface area contributed by atoms with Crippen LogP contribution in [0.4, 0.5) is 5.82 Å². The van der Waals surface area contributed by atoms with Crippen molar-refractivity contribution in [1.82, 2.24) is 14.9 Å². The quantitative estimate of drug-likeness (QED) is 0.663. The highest BCUT2D eigenvalue weighted by atomic mass is 32.2. The fraction of sp³-hybridized carbons (Fsp3) is 0.478.